The van der Waals surface area contributed by atoms with Gasteiger partial charge in [-0.25, -0.2) is 13.1 Å². The molecule has 0 saturated carbocycles. The van der Waals surface area contributed by atoms with Crippen molar-refractivity contribution in [3.8, 4) is 0 Å². The Labute approximate surface area is 121 Å². The monoisotopic (exact) mass is 311 g/mol. The molecule has 0 bridgehead atoms. The van der Waals surface area contributed by atoms with Crippen molar-refractivity contribution in [3.63, 3.8) is 0 Å². The molecule has 0 aromatic heterocycles. The van der Waals surface area contributed by atoms with Gasteiger partial charge in [0.1, 0.15) is 0 Å². The maximum Gasteiger partial charge on any atom is 0.241 e. The molecule has 20 heavy (non-hydrogen) atoms. The highest BCUT2D eigenvalue weighted by molar-refractivity contribution is 7.90. The summed E-state index contributed by atoms with van der Waals surface area (Å²) in [5.74, 6) is 0. The van der Waals surface area contributed by atoms with Gasteiger partial charge in [0.25, 0.3) is 0 Å². The van der Waals surface area contributed by atoms with Gasteiger partial charge >= 0.3 is 0 Å². The van der Waals surface area contributed by atoms with Gasteiger partial charge in [-0.1, -0.05) is 36.4 Å². The summed E-state index contributed by atoms with van der Waals surface area (Å²) in [6.07, 6.45) is 1.57. The van der Waals surface area contributed by atoms with Crippen molar-refractivity contribution in [2.24, 2.45) is 0 Å². The molecular weight excluding hydrogens is 294 g/mol. The maximum absolute atomic E-state index is 12.4. The van der Waals surface area contributed by atoms with Crippen LogP contribution in [-0.2, 0) is 20.8 Å². The van der Waals surface area contributed by atoms with Gasteiger partial charge in [-0.05, 0) is 18.4 Å². The first-order chi connectivity index (χ1) is 9.42. The Kier molecular flexibility index (Phi) is 4.57. The van der Waals surface area contributed by atoms with Crippen LogP contribution in [-0.4, -0.2) is 30.7 Å². The molecule has 1 N–H and O–H groups in total. The van der Waals surface area contributed by atoms with E-state index < -0.39 is 20.8 Å². The SMILES string of the molecule is CC(CNS(=O)(=O)c1cccc2ccccc12)S(C)=O. The molecule has 2 rings (SSSR count). The van der Waals surface area contributed by atoms with Crippen LogP contribution < -0.4 is 4.72 Å². The van der Waals surface area contributed by atoms with Crippen LogP contribution in [0.5, 0.6) is 0 Å². The fraction of sp³-hybridized carbons (Fsp3) is 0.286. The van der Waals surface area contributed by atoms with Gasteiger partial charge in [0, 0.05) is 34.2 Å². The summed E-state index contributed by atoms with van der Waals surface area (Å²) in [4.78, 5) is 0.254. The normalized spacial score (nSPS) is 15.1. The lowest BCUT2D eigenvalue weighted by Gasteiger charge is -2.12. The lowest BCUT2D eigenvalue weighted by atomic mass is 10.1. The molecule has 0 aliphatic carbocycles. The lowest BCUT2D eigenvalue weighted by molar-refractivity contribution is 0.581. The average molecular weight is 311 g/mol. The van der Waals surface area contributed by atoms with E-state index in [1.54, 1.807) is 31.4 Å². The van der Waals surface area contributed by atoms with Crippen LogP contribution in [0.2, 0.25) is 0 Å². The number of benzene rings is 2. The Bertz CT molecular complexity index is 736. The second-order valence-corrected chi connectivity index (χ2v) is 8.18. The third-order valence-electron chi connectivity index (χ3n) is 3.17. The van der Waals surface area contributed by atoms with Gasteiger partial charge in [0.05, 0.1) is 4.90 Å². The van der Waals surface area contributed by atoms with Crippen molar-refractivity contribution < 1.29 is 12.6 Å². The number of fused-ring (bicyclic) bond motifs is 1. The first kappa shape index (κ1) is 15.2. The third-order valence-corrected chi connectivity index (χ3v) is 5.95. The zero-order chi connectivity index (χ0) is 14.8. The van der Waals surface area contributed by atoms with Crippen molar-refractivity contribution in [3.05, 3.63) is 42.5 Å². The number of sulfonamides is 1. The summed E-state index contributed by atoms with van der Waals surface area (Å²) in [6, 6.07) is 12.5. The van der Waals surface area contributed by atoms with E-state index in [0.29, 0.717) is 5.39 Å². The molecule has 0 fully saturated rings. The number of hydrogen-bond acceptors (Lipinski definition) is 3. The predicted molar refractivity (Wildman–Crippen MR) is 82.7 cm³/mol. The van der Waals surface area contributed by atoms with E-state index in [0.717, 1.165) is 5.39 Å². The summed E-state index contributed by atoms with van der Waals surface area (Å²) in [6.45, 7) is 1.91. The zero-order valence-corrected chi connectivity index (χ0v) is 13.0. The van der Waals surface area contributed by atoms with Crippen molar-refractivity contribution in [1.82, 2.24) is 4.72 Å². The first-order valence-electron chi connectivity index (χ1n) is 6.21. The topological polar surface area (TPSA) is 63.2 Å². The Balaban J connectivity index is 2.35. The molecule has 0 spiro atoms. The second kappa shape index (κ2) is 6.03. The quantitative estimate of drug-likeness (QED) is 0.917. The Morgan fingerprint density at radius 3 is 2.50 bits per heavy atom. The first-order valence-corrected chi connectivity index (χ1v) is 9.32. The highest BCUT2D eigenvalue weighted by Gasteiger charge is 2.18. The summed E-state index contributed by atoms with van der Waals surface area (Å²) < 4.78 is 38.5. The minimum Gasteiger partial charge on any atom is -0.260 e. The van der Waals surface area contributed by atoms with Crippen molar-refractivity contribution >= 4 is 31.6 Å². The summed E-state index contributed by atoms with van der Waals surface area (Å²) in [7, 11) is -4.66. The van der Waals surface area contributed by atoms with Gasteiger partial charge in [0.15, 0.2) is 0 Å². The van der Waals surface area contributed by atoms with Gasteiger partial charge in [0.2, 0.25) is 10.0 Å². The van der Waals surface area contributed by atoms with Gasteiger partial charge in [-0.3, -0.25) is 4.21 Å². The summed E-state index contributed by atoms with van der Waals surface area (Å²) in [5.41, 5.74) is 0. The van der Waals surface area contributed by atoms with Crippen LogP contribution in [0.1, 0.15) is 6.92 Å². The molecule has 2 aromatic carbocycles. The van der Waals surface area contributed by atoms with Crippen LogP contribution in [0, 0.1) is 0 Å². The Morgan fingerprint density at radius 1 is 1.15 bits per heavy atom. The van der Waals surface area contributed by atoms with Crippen molar-refractivity contribution in [2.75, 3.05) is 12.8 Å². The van der Waals surface area contributed by atoms with Gasteiger partial charge in [-0.15, -0.1) is 0 Å². The maximum atomic E-state index is 12.4. The van der Waals surface area contributed by atoms with Crippen molar-refractivity contribution in [2.45, 2.75) is 17.1 Å². The predicted octanol–water partition coefficient (Wildman–Crippen LogP) is 1.89. The second-order valence-electron chi connectivity index (χ2n) is 4.64. The van der Waals surface area contributed by atoms with Crippen LogP contribution >= 0.6 is 0 Å². The lowest BCUT2D eigenvalue weighted by Crippen LogP contribution is -2.32. The van der Waals surface area contributed by atoms with E-state index in [1.807, 2.05) is 24.3 Å². The molecule has 0 amide bonds. The zero-order valence-electron chi connectivity index (χ0n) is 11.4. The molecule has 2 unspecified atom stereocenters. The highest BCUT2D eigenvalue weighted by Crippen LogP contribution is 2.22. The van der Waals surface area contributed by atoms with Crippen LogP contribution in [0.15, 0.2) is 47.4 Å². The van der Waals surface area contributed by atoms with Crippen LogP contribution in [0.3, 0.4) is 0 Å². The van der Waals surface area contributed by atoms with E-state index in [2.05, 4.69) is 4.72 Å². The standard InChI is InChI=1S/C14H17NO3S2/c1-11(19(2)16)10-15-20(17,18)14-9-5-7-12-6-3-4-8-13(12)14/h3-9,11,15H,10H2,1-2H3. The number of hydrogen-bond donors (Lipinski definition) is 1. The smallest absolute Gasteiger partial charge is 0.241 e. The average Bonchev–Trinajstić information content (AvgIpc) is 2.44. The Hall–Kier alpha value is -1.24. The van der Waals surface area contributed by atoms with Crippen LogP contribution in [0.4, 0.5) is 0 Å². The molecule has 0 saturated heterocycles. The molecule has 0 aliphatic rings. The highest BCUT2D eigenvalue weighted by atomic mass is 32.2. The molecule has 2 aromatic rings. The molecule has 0 aliphatic heterocycles. The van der Waals surface area contributed by atoms with E-state index in [-0.39, 0.29) is 16.7 Å². The van der Waals surface area contributed by atoms with E-state index >= 15 is 0 Å². The fourth-order valence-corrected chi connectivity index (χ4v) is 3.63. The molecule has 2 atom stereocenters. The van der Waals surface area contributed by atoms with E-state index in [9.17, 15) is 12.6 Å². The number of nitrogens with one attached hydrogen (secondary N) is 1. The minimum absolute atomic E-state index is 0.161. The fourth-order valence-electron chi connectivity index (χ4n) is 1.85. The summed E-state index contributed by atoms with van der Waals surface area (Å²) >= 11 is 0. The molecule has 108 valence electrons. The number of rotatable bonds is 5. The van der Waals surface area contributed by atoms with Gasteiger partial charge in [-0.2, -0.15) is 0 Å². The molecule has 4 nitrogen and oxygen atoms in total. The third kappa shape index (κ3) is 3.26. The minimum atomic E-state index is -3.60. The van der Waals surface area contributed by atoms with E-state index in [4.69, 9.17) is 0 Å². The largest absolute Gasteiger partial charge is 0.260 e. The Morgan fingerprint density at radius 2 is 1.80 bits per heavy atom. The van der Waals surface area contributed by atoms with Crippen LogP contribution in [0.25, 0.3) is 10.8 Å². The van der Waals surface area contributed by atoms with Gasteiger partial charge < -0.3 is 0 Å². The molecule has 0 heterocycles. The summed E-state index contributed by atoms with van der Waals surface area (Å²) in [5, 5.41) is 1.34. The van der Waals surface area contributed by atoms with Crippen molar-refractivity contribution in [1.29, 1.82) is 0 Å². The molecular formula is C14H17NO3S2. The molecule has 6 heteroatoms. The van der Waals surface area contributed by atoms with E-state index in [1.165, 1.54) is 0 Å². The molecule has 0 radical (unpaired) electrons.